The maximum Gasteiger partial charge on any atom is 0.180 e. The lowest BCUT2D eigenvalue weighted by atomic mass is 10.1. The first-order valence-electron chi connectivity index (χ1n) is 15.7. The van der Waals surface area contributed by atoms with Gasteiger partial charge in [-0.1, -0.05) is 97.6 Å². The lowest BCUT2D eigenvalue weighted by Crippen LogP contribution is -2.38. The minimum absolute atomic E-state index is 0.132. The van der Waals surface area contributed by atoms with Crippen molar-refractivity contribution in [1.82, 2.24) is 15.0 Å². The smallest absolute Gasteiger partial charge is 0.180 e. The molecule has 0 radical (unpaired) electrons. The molecule has 0 spiro atoms. The van der Waals surface area contributed by atoms with Crippen LogP contribution in [0.3, 0.4) is 0 Å². The summed E-state index contributed by atoms with van der Waals surface area (Å²) in [6, 6.07) is 42.6. The molecule has 1 N–H and O–H groups in total. The lowest BCUT2D eigenvalue weighted by molar-refractivity contribution is 0.477. The van der Waals surface area contributed by atoms with Crippen molar-refractivity contribution in [1.29, 1.82) is 0 Å². The fourth-order valence-corrected chi connectivity index (χ4v) is 7.33. The number of benzene rings is 5. The molecular formula is C40H32N4O2Si. The van der Waals surface area contributed by atoms with Crippen LogP contribution in [0.15, 0.2) is 138 Å². The van der Waals surface area contributed by atoms with E-state index in [9.17, 15) is 5.11 Å². The first-order chi connectivity index (χ1) is 22.8. The highest BCUT2D eigenvalue weighted by Crippen LogP contribution is 2.41. The Morgan fingerprint density at radius 1 is 0.702 bits per heavy atom. The van der Waals surface area contributed by atoms with Crippen molar-refractivity contribution in [2.75, 3.05) is 4.90 Å². The highest BCUT2D eigenvalue weighted by atomic mass is 28.3. The average molecular weight is 629 g/mol. The van der Waals surface area contributed by atoms with E-state index < -0.39 is 8.07 Å². The predicted molar refractivity (Wildman–Crippen MR) is 195 cm³/mol. The van der Waals surface area contributed by atoms with Crippen LogP contribution in [0.2, 0.25) is 19.6 Å². The fourth-order valence-electron chi connectivity index (χ4n) is 6.16. The third-order valence-corrected chi connectivity index (χ3v) is 10.6. The summed E-state index contributed by atoms with van der Waals surface area (Å²) in [7, 11) is -1.86. The first kappa shape index (κ1) is 28.7. The normalized spacial score (nSPS) is 11.8. The second kappa shape index (κ2) is 11.2. The minimum atomic E-state index is -1.86. The monoisotopic (exact) mass is 628 g/mol. The predicted octanol–water partition coefficient (Wildman–Crippen LogP) is 9.98. The molecule has 0 aliphatic rings. The topological polar surface area (TPSA) is 75.3 Å². The van der Waals surface area contributed by atoms with Gasteiger partial charge in [-0.25, -0.2) is 15.0 Å². The van der Waals surface area contributed by atoms with Gasteiger partial charge in [-0.05, 0) is 60.0 Å². The summed E-state index contributed by atoms with van der Waals surface area (Å²) in [6.45, 7) is 7.04. The molecule has 6 nitrogen and oxygen atoms in total. The highest BCUT2D eigenvalue weighted by molar-refractivity contribution is 6.88. The summed E-state index contributed by atoms with van der Waals surface area (Å²) in [5.74, 6) is 1.50. The zero-order valence-electron chi connectivity index (χ0n) is 26.3. The van der Waals surface area contributed by atoms with E-state index in [1.807, 2.05) is 60.8 Å². The molecule has 0 unspecified atom stereocenters. The van der Waals surface area contributed by atoms with Gasteiger partial charge in [0.05, 0.1) is 13.8 Å². The molecule has 8 aromatic rings. The standard InChI is InChI=1S/C40H32N4O2Si/c1-47(2,3)29-24-27(23-28(25-29)44(36-21-10-11-22-41-36)33-18-12-14-26-13-4-5-15-30(26)33)40-42-37(31-16-6-8-19-34(31)45)39-38(43-40)32-17-7-9-20-35(32)46-39/h4-25,45H,1-3H3. The summed E-state index contributed by atoms with van der Waals surface area (Å²) in [6.07, 6.45) is 1.83. The number of aromatic hydroxyl groups is 1. The van der Waals surface area contributed by atoms with E-state index in [0.29, 0.717) is 28.2 Å². The number of aromatic nitrogens is 3. The van der Waals surface area contributed by atoms with Gasteiger partial charge in [-0.15, -0.1) is 0 Å². The number of para-hydroxylation sites is 2. The Kier molecular flexibility index (Phi) is 6.85. The van der Waals surface area contributed by atoms with Gasteiger partial charge >= 0.3 is 0 Å². The molecule has 0 saturated carbocycles. The number of anilines is 3. The van der Waals surface area contributed by atoms with Crippen molar-refractivity contribution in [2.24, 2.45) is 0 Å². The Morgan fingerprint density at radius 3 is 2.26 bits per heavy atom. The number of fused-ring (bicyclic) bond motifs is 4. The van der Waals surface area contributed by atoms with Crippen molar-refractivity contribution < 1.29 is 9.52 Å². The molecule has 0 atom stereocenters. The summed E-state index contributed by atoms with van der Waals surface area (Å²) in [5, 5.41) is 15.4. The number of phenols is 1. The molecule has 228 valence electrons. The number of furan rings is 1. The van der Waals surface area contributed by atoms with Crippen molar-refractivity contribution in [3.05, 3.63) is 134 Å². The van der Waals surface area contributed by atoms with Crippen LogP contribution in [0.1, 0.15) is 0 Å². The molecule has 3 heterocycles. The second-order valence-corrected chi connectivity index (χ2v) is 17.8. The third-order valence-electron chi connectivity index (χ3n) is 8.57. The Hall–Kier alpha value is -5.79. The Bertz CT molecular complexity index is 2430. The molecular weight excluding hydrogens is 597 g/mol. The molecule has 7 heteroatoms. The van der Waals surface area contributed by atoms with Crippen molar-refractivity contribution in [3.63, 3.8) is 0 Å². The van der Waals surface area contributed by atoms with E-state index in [4.69, 9.17) is 19.4 Å². The van der Waals surface area contributed by atoms with Gasteiger partial charge in [-0.3, -0.25) is 4.90 Å². The minimum Gasteiger partial charge on any atom is -0.507 e. The van der Waals surface area contributed by atoms with Crippen LogP contribution < -0.4 is 10.1 Å². The molecule has 0 saturated heterocycles. The van der Waals surface area contributed by atoms with Crippen LogP contribution in [-0.2, 0) is 0 Å². The molecule has 5 aromatic carbocycles. The third kappa shape index (κ3) is 5.11. The van der Waals surface area contributed by atoms with E-state index >= 15 is 0 Å². The van der Waals surface area contributed by atoms with Gasteiger partial charge in [0.25, 0.3) is 0 Å². The fraction of sp³-hybridized carbons (Fsp3) is 0.0750. The van der Waals surface area contributed by atoms with Crippen LogP contribution in [0.25, 0.3) is 55.5 Å². The Balaban J connectivity index is 1.43. The van der Waals surface area contributed by atoms with Gasteiger partial charge in [0.2, 0.25) is 0 Å². The largest absolute Gasteiger partial charge is 0.507 e. The van der Waals surface area contributed by atoms with Crippen molar-refractivity contribution >= 4 is 63.3 Å². The van der Waals surface area contributed by atoms with E-state index in [1.165, 1.54) is 5.19 Å². The number of hydrogen-bond donors (Lipinski definition) is 1. The number of hydrogen-bond acceptors (Lipinski definition) is 6. The lowest BCUT2D eigenvalue weighted by Gasteiger charge is -2.28. The molecule has 0 aliphatic carbocycles. The molecule has 0 amide bonds. The summed E-state index contributed by atoms with van der Waals surface area (Å²) in [5.41, 5.74) is 6.00. The summed E-state index contributed by atoms with van der Waals surface area (Å²) >= 11 is 0. The highest BCUT2D eigenvalue weighted by Gasteiger charge is 2.25. The van der Waals surface area contributed by atoms with E-state index in [2.05, 4.69) is 85.2 Å². The molecule has 8 rings (SSSR count). The zero-order chi connectivity index (χ0) is 32.1. The Morgan fingerprint density at radius 2 is 1.45 bits per heavy atom. The average Bonchev–Trinajstić information content (AvgIpc) is 3.47. The van der Waals surface area contributed by atoms with E-state index in [-0.39, 0.29) is 5.75 Å². The quantitative estimate of drug-likeness (QED) is 0.185. The van der Waals surface area contributed by atoms with Gasteiger partial charge in [-0.2, -0.15) is 0 Å². The Labute approximate surface area is 273 Å². The molecule has 47 heavy (non-hydrogen) atoms. The van der Waals surface area contributed by atoms with Crippen LogP contribution in [0.4, 0.5) is 17.2 Å². The van der Waals surface area contributed by atoms with Gasteiger partial charge < -0.3 is 9.52 Å². The first-order valence-corrected chi connectivity index (χ1v) is 19.2. The van der Waals surface area contributed by atoms with E-state index in [1.54, 1.807) is 12.1 Å². The van der Waals surface area contributed by atoms with Crippen molar-refractivity contribution in [3.8, 4) is 28.4 Å². The molecule has 0 aliphatic heterocycles. The van der Waals surface area contributed by atoms with Crippen LogP contribution in [0, 0.1) is 0 Å². The SMILES string of the molecule is C[Si](C)(C)c1cc(-c2nc(-c3ccccc3O)c3oc4ccccc4c3n2)cc(N(c2ccccn2)c2cccc3ccccc23)c1. The summed E-state index contributed by atoms with van der Waals surface area (Å²) in [4.78, 5) is 17.4. The molecule has 0 bridgehead atoms. The van der Waals surface area contributed by atoms with Gasteiger partial charge in [0.1, 0.15) is 28.4 Å². The number of nitrogens with zero attached hydrogens (tertiary/aromatic N) is 4. The van der Waals surface area contributed by atoms with Crippen LogP contribution >= 0.6 is 0 Å². The molecule has 3 aromatic heterocycles. The second-order valence-electron chi connectivity index (χ2n) is 12.7. The van der Waals surface area contributed by atoms with Crippen LogP contribution in [-0.4, -0.2) is 28.1 Å². The van der Waals surface area contributed by atoms with E-state index in [0.717, 1.165) is 44.5 Å². The summed E-state index contributed by atoms with van der Waals surface area (Å²) < 4.78 is 6.33. The maximum atomic E-state index is 11.0. The number of rotatable bonds is 6. The van der Waals surface area contributed by atoms with Crippen LogP contribution in [0.5, 0.6) is 5.75 Å². The number of phenolic OH excluding ortho intramolecular Hbond substituents is 1. The number of pyridine rings is 1. The molecule has 0 fully saturated rings. The zero-order valence-corrected chi connectivity index (χ0v) is 27.3. The van der Waals surface area contributed by atoms with Gasteiger partial charge in [0, 0.05) is 33.8 Å². The maximum absolute atomic E-state index is 11.0. The van der Waals surface area contributed by atoms with Gasteiger partial charge in [0.15, 0.2) is 11.4 Å². The van der Waals surface area contributed by atoms with Crippen molar-refractivity contribution in [2.45, 2.75) is 19.6 Å².